The number of alkyl halides is 3. The number of nitrogens with zero attached hydrogens (tertiary/aromatic N) is 5. The van der Waals surface area contributed by atoms with E-state index in [1.54, 1.807) is 29.2 Å². The summed E-state index contributed by atoms with van der Waals surface area (Å²) in [5.41, 5.74) is 3.35. The predicted molar refractivity (Wildman–Crippen MR) is 182 cm³/mol. The molecule has 1 aromatic heterocycles. The van der Waals surface area contributed by atoms with Crippen LogP contribution in [0.3, 0.4) is 0 Å². The molecule has 0 aliphatic carbocycles. The lowest BCUT2D eigenvalue weighted by Gasteiger charge is -2.34. The lowest BCUT2D eigenvalue weighted by atomic mass is 9.88. The number of likely N-dealkylation sites (tertiary alicyclic amines) is 2. The Morgan fingerprint density at radius 2 is 1.44 bits per heavy atom. The Labute approximate surface area is 290 Å². The largest absolute Gasteiger partial charge is 0.573 e. The minimum atomic E-state index is -4.72. The first kappa shape index (κ1) is 35.3. The molecular formula is C37H43F3N6O4. The molecule has 2 amide bonds. The smallest absolute Gasteiger partial charge is 0.406 e. The number of benzene rings is 2. The molecule has 0 unspecified atom stereocenters. The Bertz CT molecular complexity index is 1610. The van der Waals surface area contributed by atoms with Crippen molar-refractivity contribution in [3.8, 4) is 5.75 Å². The molecule has 0 radical (unpaired) electrons. The fourth-order valence-electron chi connectivity index (χ4n) is 6.86. The topological polar surface area (TPSA) is 98.3 Å². The predicted octanol–water partition coefficient (Wildman–Crippen LogP) is 4.86. The van der Waals surface area contributed by atoms with Gasteiger partial charge in [0.25, 0.3) is 11.8 Å². The number of piperazine rings is 1. The molecule has 2 aromatic carbocycles. The summed E-state index contributed by atoms with van der Waals surface area (Å²) in [5, 5.41) is 3.05. The van der Waals surface area contributed by atoms with Crippen molar-refractivity contribution < 1.29 is 32.3 Å². The van der Waals surface area contributed by atoms with Gasteiger partial charge in [-0.15, -0.1) is 13.2 Å². The molecule has 4 heterocycles. The highest BCUT2D eigenvalue weighted by Gasteiger charge is 2.31. The second kappa shape index (κ2) is 15.6. The van der Waals surface area contributed by atoms with E-state index in [-0.39, 0.29) is 41.0 Å². The van der Waals surface area contributed by atoms with E-state index in [2.05, 4.69) is 36.8 Å². The first-order valence-electron chi connectivity index (χ1n) is 17.2. The van der Waals surface area contributed by atoms with Crippen molar-refractivity contribution in [2.45, 2.75) is 44.6 Å². The van der Waals surface area contributed by atoms with Gasteiger partial charge in [0.2, 0.25) is 0 Å². The quantitative estimate of drug-likeness (QED) is 0.318. The number of piperidine rings is 2. The number of pyridine rings is 1. The van der Waals surface area contributed by atoms with E-state index in [1.165, 1.54) is 18.3 Å². The number of halogens is 3. The molecule has 3 aromatic rings. The fourth-order valence-corrected chi connectivity index (χ4v) is 6.86. The Morgan fingerprint density at radius 3 is 2.04 bits per heavy atom. The van der Waals surface area contributed by atoms with Gasteiger partial charge in [-0.1, -0.05) is 12.1 Å². The highest BCUT2D eigenvalue weighted by Crippen LogP contribution is 2.26. The van der Waals surface area contributed by atoms with E-state index in [9.17, 15) is 27.6 Å². The SMILES string of the molecule is CN1CCN(c2ccc(C(=O)C3CCN(C(=O)c4ccc(C(=O)NC5CCN(Cc6ccc(OC(F)(F)F)cc6)CC5)cn4)CC3)cc2)CC1. The standard InChI is InChI=1S/C37H43F3N6O4/c1-43-20-22-45(23-21-43)31-7-4-27(5-8-31)34(47)28-12-18-46(19-13-28)36(49)33-11-6-29(24-41-33)35(48)42-30-14-16-44(17-15-30)25-26-2-9-32(10-3-26)50-37(38,39)40/h2-11,24,28,30H,12-23,25H2,1H3,(H,42,48). The van der Waals surface area contributed by atoms with Crippen LogP contribution < -0.4 is 15.0 Å². The van der Waals surface area contributed by atoms with Gasteiger partial charge in [-0.3, -0.25) is 24.3 Å². The van der Waals surface area contributed by atoms with Crippen LogP contribution in [0.25, 0.3) is 0 Å². The van der Waals surface area contributed by atoms with Crippen LogP contribution >= 0.6 is 0 Å². The van der Waals surface area contributed by atoms with Crippen molar-refractivity contribution in [2.75, 3.05) is 64.3 Å². The number of anilines is 1. The van der Waals surface area contributed by atoms with Crippen molar-refractivity contribution in [1.82, 2.24) is 25.0 Å². The minimum Gasteiger partial charge on any atom is -0.406 e. The van der Waals surface area contributed by atoms with E-state index in [0.29, 0.717) is 43.6 Å². The van der Waals surface area contributed by atoms with Crippen LogP contribution in [0.1, 0.15) is 62.5 Å². The zero-order chi connectivity index (χ0) is 35.3. The zero-order valence-electron chi connectivity index (χ0n) is 28.2. The number of ketones is 1. The third-order valence-electron chi connectivity index (χ3n) is 9.90. The summed E-state index contributed by atoms with van der Waals surface area (Å²) in [6.45, 7) is 6.96. The van der Waals surface area contributed by atoms with Crippen LogP contribution in [0.2, 0.25) is 0 Å². The number of Topliss-reactive ketones (excluding diaryl/α,β-unsaturated/α-hetero) is 1. The van der Waals surface area contributed by atoms with E-state index in [0.717, 1.165) is 63.4 Å². The molecule has 0 saturated carbocycles. The van der Waals surface area contributed by atoms with Crippen LogP contribution in [0, 0.1) is 5.92 Å². The van der Waals surface area contributed by atoms with Gasteiger partial charge >= 0.3 is 6.36 Å². The van der Waals surface area contributed by atoms with Gasteiger partial charge in [-0.2, -0.15) is 0 Å². The molecule has 50 heavy (non-hydrogen) atoms. The summed E-state index contributed by atoms with van der Waals surface area (Å²) in [6.07, 6.45) is -0.659. The number of hydrogen-bond donors (Lipinski definition) is 1. The molecule has 266 valence electrons. The fraction of sp³-hybridized carbons (Fsp3) is 0.459. The molecule has 13 heteroatoms. The molecule has 3 aliphatic rings. The van der Waals surface area contributed by atoms with Crippen molar-refractivity contribution in [2.24, 2.45) is 5.92 Å². The average Bonchev–Trinajstić information content (AvgIpc) is 3.12. The molecule has 3 aliphatic heterocycles. The monoisotopic (exact) mass is 692 g/mol. The Morgan fingerprint density at radius 1 is 0.800 bits per heavy atom. The van der Waals surface area contributed by atoms with Crippen molar-refractivity contribution in [1.29, 1.82) is 0 Å². The molecule has 3 fully saturated rings. The summed E-state index contributed by atoms with van der Waals surface area (Å²) >= 11 is 0. The van der Waals surface area contributed by atoms with Crippen molar-refractivity contribution >= 4 is 23.3 Å². The maximum absolute atomic E-state index is 13.2. The van der Waals surface area contributed by atoms with Gasteiger partial charge in [0.15, 0.2) is 5.78 Å². The molecular weight excluding hydrogens is 649 g/mol. The van der Waals surface area contributed by atoms with Gasteiger partial charge in [0.05, 0.1) is 5.56 Å². The highest BCUT2D eigenvalue weighted by atomic mass is 19.4. The first-order valence-corrected chi connectivity index (χ1v) is 17.2. The third kappa shape index (κ3) is 9.19. The zero-order valence-corrected chi connectivity index (χ0v) is 28.2. The summed E-state index contributed by atoms with van der Waals surface area (Å²) in [5.74, 6) is -0.732. The summed E-state index contributed by atoms with van der Waals surface area (Å²) in [4.78, 5) is 52.3. The lowest BCUT2D eigenvalue weighted by Crippen LogP contribution is -2.44. The van der Waals surface area contributed by atoms with Crippen molar-refractivity contribution in [3.05, 3.63) is 89.2 Å². The minimum absolute atomic E-state index is 0.0264. The molecule has 3 saturated heterocycles. The number of nitrogens with one attached hydrogen (secondary N) is 1. The van der Waals surface area contributed by atoms with E-state index in [1.807, 2.05) is 24.3 Å². The molecule has 0 bridgehead atoms. The maximum atomic E-state index is 13.2. The number of likely N-dealkylation sites (N-methyl/N-ethyl adjacent to an activating group) is 1. The van der Waals surface area contributed by atoms with Crippen LogP contribution in [-0.4, -0.2) is 109 Å². The van der Waals surface area contributed by atoms with Gasteiger partial charge in [0.1, 0.15) is 11.4 Å². The molecule has 0 atom stereocenters. The van der Waals surface area contributed by atoms with Crippen LogP contribution in [-0.2, 0) is 6.54 Å². The van der Waals surface area contributed by atoms with E-state index >= 15 is 0 Å². The lowest BCUT2D eigenvalue weighted by molar-refractivity contribution is -0.274. The molecule has 1 N–H and O–H groups in total. The van der Waals surface area contributed by atoms with Gasteiger partial charge in [0, 0.05) is 88.3 Å². The third-order valence-corrected chi connectivity index (χ3v) is 9.90. The number of rotatable bonds is 9. The molecule has 10 nitrogen and oxygen atoms in total. The van der Waals surface area contributed by atoms with E-state index < -0.39 is 6.36 Å². The number of aromatic nitrogens is 1. The summed E-state index contributed by atoms with van der Waals surface area (Å²) < 4.78 is 41.1. The maximum Gasteiger partial charge on any atom is 0.573 e. The van der Waals surface area contributed by atoms with Crippen molar-refractivity contribution in [3.63, 3.8) is 0 Å². The molecule has 6 rings (SSSR count). The number of amides is 2. The van der Waals surface area contributed by atoms with Gasteiger partial charge in [-0.25, -0.2) is 0 Å². The Hall–Kier alpha value is -4.49. The second-order valence-electron chi connectivity index (χ2n) is 13.4. The summed E-state index contributed by atoms with van der Waals surface area (Å²) in [6, 6.07) is 16.9. The van der Waals surface area contributed by atoms with Crippen LogP contribution in [0.5, 0.6) is 5.75 Å². The van der Waals surface area contributed by atoms with Crippen LogP contribution in [0.15, 0.2) is 66.9 Å². The normalized spacial score (nSPS) is 18.6. The molecule has 0 spiro atoms. The van der Waals surface area contributed by atoms with Gasteiger partial charge in [-0.05, 0) is 86.8 Å². The highest BCUT2D eigenvalue weighted by molar-refractivity contribution is 5.99. The number of ether oxygens (including phenoxy) is 1. The number of hydrogen-bond acceptors (Lipinski definition) is 8. The first-order chi connectivity index (χ1) is 24.0. The second-order valence-corrected chi connectivity index (χ2v) is 13.4. The Balaban J connectivity index is 0.919. The summed E-state index contributed by atoms with van der Waals surface area (Å²) in [7, 11) is 2.13. The van der Waals surface area contributed by atoms with E-state index in [4.69, 9.17) is 0 Å². The number of carbonyl (C=O) groups is 3. The Kier molecular flexibility index (Phi) is 11.0. The average molecular weight is 693 g/mol. The number of carbonyl (C=O) groups excluding carboxylic acids is 3. The van der Waals surface area contributed by atoms with Gasteiger partial charge < -0.3 is 24.8 Å². The van der Waals surface area contributed by atoms with Crippen LogP contribution in [0.4, 0.5) is 18.9 Å².